The summed E-state index contributed by atoms with van der Waals surface area (Å²) in [5.41, 5.74) is 1.06. The van der Waals surface area contributed by atoms with Gasteiger partial charge in [0.1, 0.15) is 5.75 Å². The molecule has 206 valence electrons. The van der Waals surface area contributed by atoms with Crippen LogP contribution in [-0.4, -0.2) is 63.4 Å². The Bertz CT molecular complexity index is 1210. The van der Waals surface area contributed by atoms with Crippen molar-refractivity contribution in [1.29, 1.82) is 0 Å². The molecule has 13 heteroatoms. The molecule has 0 N–H and O–H groups in total. The number of nitrogens with zero attached hydrogens (tertiary/aromatic N) is 2. The normalized spacial score (nSPS) is 17.9. The predicted octanol–water partition coefficient (Wildman–Crippen LogP) is 5.69. The molecule has 0 aliphatic carbocycles. The van der Waals surface area contributed by atoms with Gasteiger partial charge in [-0.1, -0.05) is 23.7 Å². The van der Waals surface area contributed by atoms with Crippen LogP contribution in [0.25, 0.3) is 0 Å². The van der Waals surface area contributed by atoms with Crippen LogP contribution in [-0.2, 0) is 19.1 Å². The molecule has 0 saturated carbocycles. The standard InChI is InChI=1S/C25H28ClF3N2O5SSi/c1-15(32)35-21-22(16-6-9-18(10-7-16)36-38(3,4)5)37-20-14-17(26)8-11-19(20)31(23(21)33)13-12-30(2)24(34)25(27,28)29/h6-11,14,21-22H,12-13H2,1-5H3. The number of benzene rings is 2. The summed E-state index contributed by atoms with van der Waals surface area (Å²) in [7, 11) is -0.853. The topological polar surface area (TPSA) is 76.2 Å². The van der Waals surface area contributed by atoms with E-state index in [4.69, 9.17) is 20.8 Å². The molecule has 0 fully saturated rings. The van der Waals surface area contributed by atoms with E-state index in [1.165, 1.54) is 23.6 Å². The monoisotopic (exact) mass is 588 g/mol. The number of thioether (sulfide) groups is 1. The lowest BCUT2D eigenvalue weighted by Gasteiger charge is -2.29. The number of halogens is 4. The Morgan fingerprint density at radius 2 is 1.76 bits per heavy atom. The number of fused-ring (bicyclic) bond motifs is 1. The van der Waals surface area contributed by atoms with Gasteiger partial charge in [-0.25, -0.2) is 0 Å². The molecule has 2 unspecified atom stereocenters. The molecule has 2 aromatic carbocycles. The summed E-state index contributed by atoms with van der Waals surface area (Å²) in [4.78, 5) is 39.8. The van der Waals surface area contributed by atoms with Gasteiger partial charge in [-0.3, -0.25) is 14.4 Å². The number of anilines is 1. The minimum absolute atomic E-state index is 0.264. The summed E-state index contributed by atoms with van der Waals surface area (Å²) < 4.78 is 50.2. The first-order valence-electron chi connectivity index (χ1n) is 11.6. The van der Waals surface area contributed by atoms with Gasteiger partial charge in [0.05, 0.1) is 10.9 Å². The fourth-order valence-electron chi connectivity index (χ4n) is 3.82. The van der Waals surface area contributed by atoms with Gasteiger partial charge in [0, 0.05) is 37.0 Å². The van der Waals surface area contributed by atoms with Crippen molar-refractivity contribution in [3.05, 3.63) is 53.1 Å². The lowest BCUT2D eigenvalue weighted by atomic mass is 10.1. The Labute approximate surface area is 229 Å². The van der Waals surface area contributed by atoms with Crippen LogP contribution in [0.1, 0.15) is 17.7 Å². The van der Waals surface area contributed by atoms with Crippen LogP contribution in [0.5, 0.6) is 5.75 Å². The molecule has 1 aliphatic rings. The highest BCUT2D eigenvalue weighted by atomic mass is 35.5. The number of hydrogen-bond donors (Lipinski definition) is 0. The van der Waals surface area contributed by atoms with Gasteiger partial charge in [-0.2, -0.15) is 13.2 Å². The molecule has 1 aliphatic heterocycles. The van der Waals surface area contributed by atoms with Crippen LogP contribution in [0.15, 0.2) is 47.4 Å². The zero-order valence-corrected chi connectivity index (χ0v) is 24.0. The van der Waals surface area contributed by atoms with Crippen molar-refractivity contribution in [2.45, 2.75) is 49.0 Å². The fraction of sp³-hybridized carbons (Fsp3) is 0.400. The zero-order chi connectivity index (χ0) is 28.4. The quantitative estimate of drug-likeness (QED) is 0.306. The van der Waals surface area contributed by atoms with E-state index in [1.54, 1.807) is 42.5 Å². The van der Waals surface area contributed by atoms with Gasteiger partial charge in [0.15, 0.2) is 6.10 Å². The van der Waals surface area contributed by atoms with Crippen LogP contribution in [0.2, 0.25) is 24.7 Å². The van der Waals surface area contributed by atoms with Crippen LogP contribution in [0.4, 0.5) is 18.9 Å². The molecular weight excluding hydrogens is 561 g/mol. The molecule has 2 aromatic rings. The molecule has 0 saturated heterocycles. The van der Waals surface area contributed by atoms with Crippen LogP contribution >= 0.6 is 23.4 Å². The molecule has 3 rings (SSSR count). The maximum atomic E-state index is 13.8. The van der Waals surface area contributed by atoms with E-state index in [1.807, 2.05) is 19.6 Å². The van der Waals surface area contributed by atoms with Crippen molar-refractivity contribution in [3.63, 3.8) is 0 Å². The Morgan fingerprint density at radius 3 is 2.32 bits per heavy atom. The number of hydrogen-bond acceptors (Lipinski definition) is 6. The second kappa shape index (κ2) is 11.6. The van der Waals surface area contributed by atoms with Crippen molar-refractivity contribution in [2.75, 3.05) is 25.0 Å². The minimum atomic E-state index is -5.05. The third-order valence-corrected chi connectivity index (χ3v) is 7.86. The first-order chi connectivity index (χ1) is 17.6. The van der Waals surface area contributed by atoms with E-state index in [9.17, 15) is 27.6 Å². The molecule has 0 spiro atoms. The van der Waals surface area contributed by atoms with E-state index in [0.29, 0.717) is 31.8 Å². The first kappa shape index (κ1) is 29.8. The number of likely N-dealkylation sites (N-methyl/N-ethyl adjacent to an activating group) is 1. The van der Waals surface area contributed by atoms with Crippen molar-refractivity contribution >= 4 is 55.2 Å². The van der Waals surface area contributed by atoms with E-state index in [0.717, 1.165) is 7.05 Å². The molecular formula is C25H28ClF3N2O5SSi. The summed E-state index contributed by atoms with van der Waals surface area (Å²) in [5.74, 6) is -2.68. The Balaban J connectivity index is 2.01. The molecule has 0 aromatic heterocycles. The second-order valence-corrected chi connectivity index (χ2v) is 15.7. The fourth-order valence-corrected chi connectivity index (χ4v) is 6.25. The highest BCUT2D eigenvalue weighted by Crippen LogP contribution is 2.47. The number of carbonyl (C=O) groups excluding carboxylic acids is 3. The molecule has 2 amide bonds. The third-order valence-electron chi connectivity index (χ3n) is 5.42. The summed E-state index contributed by atoms with van der Waals surface area (Å²) in [6.45, 7) is 6.65. The average Bonchev–Trinajstić information content (AvgIpc) is 2.90. The highest BCUT2D eigenvalue weighted by Gasteiger charge is 2.43. The maximum Gasteiger partial charge on any atom is 0.471 e. The van der Waals surface area contributed by atoms with Gasteiger partial charge >= 0.3 is 18.1 Å². The maximum absolute atomic E-state index is 13.8. The molecule has 7 nitrogen and oxygen atoms in total. The van der Waals surface area contributed by atoms with Gasteiger partial charge in [0.2, 0.25) is 8.32 Å². The summed E-state index contributed by atoms with van der Waals surface area (Å²) in [6, 6.07) is 11.9. The average molecular weight is 589 g/mol. The largest absolute Gasteiger partial charge is 0.544 e. The van der Waals surface area contributed by atoms with Crippen molar-refractivity contribution in [1.82, 2.24) is 4.90 Å². The first-order valence-corrected chi connectivity index (χ1v) is 16.3. The van der Waals surface area contributed by atoms with Crippen LogP contribution in [0.3, 0.4) is 0 Å². The number of alkyl halides is 3. The lowest BCUT2D eigenvalue weighted by molar-refractivity contribution is -0.183. The minimum Gasteiger partial charge on any atom is -0.544 e. The van der Waals surface area contributed by atoms with Gasteiger partial charge in [-0.05, 0) is 55.5 Å². The van der Waals surface area contributed by atoms with Crippen molar-refractivity contribution in [2.24, 2.45) is 0 Å². The van der Waals surface area contributed by atoms with Crippen LogP contribution < -0.4 is 9.33 Å². The summed E-state index contributed by atoms with van der Waals surface area (Å²) in [6.07, 6.45) is -6.34. The van der Waals surface area contributed by atoms with Gasteiger partial charge in [0.25, 0.3) is 5.91 Å². The second-order valence-electron chi connectivity index (χ2n) is 9.68. The van der Waals surface area contributed by atoms with E-state index in [-0.39, 0.29) is 6.54 Å². The number of ether oxygens (including phenoxy) is 1. The zero-order valence-electron chi connectivity index (χ0n) is 21.5. The predicted molar refractivity (Wildman–Crippen MR) is 142 cm³/mol. The SMILES string of the molecule is CC(=O)OC1C(=O)N(CCN(C)C(=O)C(F)(F)F)c2ccc(Cl)cc2SC1c1ccc(O[Si](C)(C)C)cc1. The Morgan fingerprint density at radius 1 is 1.13 bits per heavy atom. The molecule has 38 heavy (non-hydrogen) atoms. The van der Waals surface area contributed by atoms with E-state index < -0.39 is 50.2 Å². The van der Waals surface area contributed by atoms with Crippen LogP contribution in [0, 0.1) is 0 Å². The van der Waals surface area contributed by atoms with Gasteiger partial charge < -0.3 is 19.0 Å². The summed E-state index contributed by atoms with van der Waals surface area (Å²) in [5, 5.41) is -0.305. The van der Waals surface area contributed by atoms with E-state index >= 15 is 0 Å². The van der Waals surface area contributed by atoms with Crippen molar-refractivity contribution < 1.29 is 36.7 Å². The number of esters is 1. The number of amides is 2. The van der Waals surface area contributed by atoms with Gasteiger partial charge in [-0.15, -0.1) is 11.8 Å². The molecule has 0 bridgehead atoms. The lowest BCUT2D eigenvalue weighted by Crippen LogP contribution is -2.47. The van der Waals surface area contributed by atoms with E-state index in [2.05, 4.69) is 0 Å². The van der Waals surface area contributed by atoms with Crippen molar-refractivity contribution in [3.8, 4) is 5.75 Å². The Kier molecular flexibility index (Phi) is 9.10. The molecule has 0 radical (unpaired) electrons. The molecule has 1 heterocycles. The number of rotatable bonds is 7. The molecule has 2 atom stereocenters. The third kappa shape index (κ3) is 7.45. The highest BCUT2D eigenvalue weighted by molar-refractivity contribution is 7.99. The number of carbonyl (C=O) groups is 3. The summed E-state index contributed by atoms with van der Waals surface area (Å²) >= 11 is 7.49. The Hall–Kier alpha value is -2.70. The smallest absolute Gasteiger partial charge is 0.471 e.